The van der Waals surface area contributed by atoms with Crippen LogP contribution in [-0.4, -0.2) is 61.8 Å². The minimum absolute atomic E-state index is 0.0102. The van der Waals surface area contributed by atoms with Crippen molar-refractivity contribution in [1.29, 1.82) is 0 Å². The van der Waals surface area contributed by atoms with Gasteiger partial charge in [0.15, 0.2) is 0 Å². The van der Waals surface area contributed by atoms with E-state index in [0.717, 1.165) is 43.9 Å². The van der Waals surface area contributed by atoms with Crippen molar-refractivity contribution in [3.63, 3.8) is 0 Å². The number of methoxy groups -OCH3 is 1. The largest absolute Gasteiger partial charge is 0.497 e. The third-order valence-corrected chi connectivity index (χ3v) is 5.19. The molecule has 1 fully saturated rings. The highest BCUT2D eigenvalue weighted by Crippen LogP contribution is 2.34. The molecule has 156 valence electrons. The number of nitro groups is 1. The molecule has 2 aromatic rings. The molecule has 0 bridgehead atoms. The highest BCUT2D eigenvalue weighted by molar-refractivity contribution is 5.71. The van der Waals surface area contributed by atoms with Crippen LogP contribution in [0, 0.1) is 10.1 Å². The van der Waals surface area contributed by atoms with Gasteiger partial charge in [0.2, 0.25) is 11.6 Å². The normalized spacial score (nSPS) is 14.0. The van der Waals surface area contributed by atoms with E-state index in [4.69, 9.17) is 4.74 Å². The molecule has 9 heteroatoms. The van der Waals surface area contributed by atoms with Gasteiger partial charge in [0.05, 0.1) is 12.0 Å². The Bertz CT molecular complexity index is 821. The van der Waals surface area contributed by atoms with E-state index in [1.54, 1.807) is 7.11 Å². The maximum Gasteiger partial charge on any atom is 0.353 e. The first-order chi connectivity index (χ1) is 14.0. The summed E-state index contributed by atoms with van der Waals surface area (Å²) in [6, 6.07) is 7.94. The number of hydrogen-bond acceptors (Lipinski definition) is 8. The van der Waals surface area contributed by atoms with Crippen LogP contribution >= 0.6 is 0 Å². The number of piperazine rings is 1. The van der Waals surface area contributed by atoms with E-state index in [9.17, 15) is 10.1 Å². The van der Waals surface area contributed by atoms with E-state index >= 15 is 0 Å². The summed E-state index contributed by atoms with van der Waals surface area (Å²) >= 11 is 0. The fourth-order valence-electron chi connectivity index (χ4n) is 3.51. The average Bonchev–Trinajstić information content (AvgIpc) is 2.77. The Hall–Kier alpha value is -3.10. The summed E-state index contributed by atoms with van der Waals surface area (Å²) in [5.74, 6) is 1.60. The Balaban J connectivity index is 1.76. The third kappa shape index (κ3) is 4.67. The molecule has 0 N–H and O–H groups in total. The molecule has 0 atom stereocenters. The van der Waals surface area contributed by atoms with Crippen LogP contribution in [0.15, 0.2) is 30.6 Å². The average molecular weight is 400 g/mol. The second kappa shape index (κ2) is 9.40. The molecule has 0 unspecified atom stereocenters. The van der Waals surface area contributed by atoms with Crippen LogP contribution in [0.2, 0.25) is 0 Å². The number of benzene rings is 1. The molecule has 0 radical (unpaired) electrons. The van der Waals surface area contributed by atoms with Crippen molar-refractivity contribution in [2.75, 3.05) is 61.6 Å². The van der Waals surface area contributed by atoms with E-state index in [0.29, 0.717) is 24.7 Å². The molecule has 1 aliphatic heterocycles. The van der Waals surface area contributed by atoms with Crippen LogP contribution in [0.1, 0.15) is 19.8 Å². The molecule has 29 heavy (non-hydrogen) atoms. The van der Waals surface area contributed by atoms with Crippen LogP contribution in [0.25, 0.3) is 0 Å². The lowest BCUT2D eigenvalue weighted by Crippen LogP contribution is -2.47. The van der Waals surface area contributed by atoms with Gasteiger partial charge in [-0.15, -0.1) is 0 Å². The quantitative estimate of drug-likeness (QED) is 0.494. The van der Waals surface area contributed by atoms with Crippen LogP contribution in [0.3, 0.4) is 0 Å². The van der Waals surface area contributed by atoms with Crippen molar-refractivity contribution in [3.8, 4) is 5.75 Å². The molecule has 2 heterocycles. The van der Waals surface area contributed by atoms with E-state index < -0.39 is 0 Å². The summed E-state index contributed by atoms with van der Waals surface area (Å²) in [7, 11) is 3.49. The number of unbranched alkanes of at least 4 members (excludes halogenated alkanes) is 1. The van der Waals surface area contributed by atoms with Gasteiger partial charge in [-0.2, -0.15) is 0 Å². The first-order valence-electron chi connectivity index (χ1n) is 9.89. The zero-order valence-electron chi connectivity index (χ0n) is 17.2. The zero-order chi connectivity index (χ0) is 20.8. The molecule has 1 aromatic carbocycles. The van der Waals surface area contributed by atoms with Crippen molar-refractivity contribution in [1.82, 2.24) is 9.97 Å². The minimum Gasteiger partial charge on any atom is -0.497 e. The lowest BCUT2D eigenvalue weighted by molar-refractivity contribution is -0.383. The molecule has 3 rings (SSSR count). The maximum absolute atomic E-state index is 11.9. The molecule has 1 aliphatic rings. The zero-order valence-corrected chi connectivity index (χ0v) is 17.2. The fourth-order valence-corrected chi connectivity index (χ4v) is 3.51. The lowest BCUT2D eigenvalue weighted by atomic mass is 10.2. The molecule has 1 aromatic heterocycles. The number of rotatable bonds is 8. The van der Waals surface area contributed by atoms with Gasteiger partial charge in [-0.1, -0.05) is 13.3 Å². The lowest BCUT2D eigenvalue weighted by Gasteiger charge is -2.36. The Morgan fingerprint density at radius 2 is 1.79 bits per heavy atom. The smallest absolute Gasteiger partial charge is 0.353 e. The molecule has 1 saturated heterocycles. The number of hydrogen-bond donors (Lipinski definition) is 0. The Morgan fingerprint density at radius 3 is 2.38 bits per heavy atom. The molecule has 9 nitrogen and oxygen atoms in total. The monoisotopic (exact) mass is 400 g/mol. The predicted octanol–water partition coefficient (Wildman–Crippen LogP) is 2.96. The highest BCUT2D eigenvalue weighted by Gasteiger charge is 2.30. The summed E-state index contributed by atoms with van der Waals surface area (Å²) in [5.41, 5.74) is 1.10. The molecule has 0 saturated carbocycles. The molecular weight excluding hydrogens is 372 g/mol. The van der Waals surface area contributed by atoms with Gasteiger partial charge in [-0.3, -0.25) is 10.1 Å². The Morgan fingerprint density at radius 1 is 1.14 bits per heavy atom. The van der Waals surface area contributed by atoms with Gasteiger partial charge in [-0.05, 0) is 30.7 Å². The maximum atomic E-state index is 11.9. The van der Waals surface area contributed by atoms with Crippen molar-refractivity contribution < 1.29 is 9.66 Å². The topological polar surface area (TPSA) is 87.9 Å². The number of nitrogens with zero attached hydrogens (tertiary/aromatic N) is 6. The van der Waals surface area contributed by atoms with Gasteiger partial charge < -0.3 is 19.4 Å². The molecule has 0 aliphatic carbocycles. The van der Waals surface area contributed by atoms with Crippen molar-refractivity contribution in [2.45, 2.75) is 19.8 Å². The first kappa shape index (κ1) is 20.6. The van der Waals surface area contributed by atoms with E-state index in [-0.39, 0.29) is 10.6 Å². The molecular formula is C20H28N6O3. The summed E-state index contributed by atoms with van der Waals surface area (Å²) in [5, 5.41) is 11.9. The summed E-state index contributed by atoms with van der Waals surface area (Å²) in [6.07, 6.45) is 3.40. The SMILES string of the molecule is CCCCN(C)c1ncnc(N2CCN(c3ccc(OC)cc3)CC2)c1[N+](=O)[O-]. The second-order valence-electron chi connectivity index (χ2n) is 7.07. The van der Waals surface area contributed by atoms with Crippen LogP contribution in [-0.2, 0) is 0 Å². The standard InChI is InChI=1S/C20H28N6O3/c1-4-5-10-23(2)19-18(26(27)28)20(22-15-21-19)25-13-11-24(12-14-25)16-6-8-17(29-3)9-7-16/h6-9,15H,4-5,10-14H2,1-3H3. The van der Waals surface area contributed by atoms with Crippen molar-refractivity contribution >= 4 is 23.0 Å². The van der Waals surface area contributed by atoms with Gasteiger partial charge in [0.25, 0.3) is 0 Å². The first-order valence-corrected chi connectivity index (χ1v) is 9.89. The van der Waals surface area contributed by atoms with Gasteiger partial charge >= 0.3 is 5.69 Å². The molecule has 0 amide bonds. The van der Waals surface area contributed by atoms with E-state index in [2.05, 4.69) is 21.8 Å². The van der Waals surface area contributed by atoms with E-state index in [1.807, 2.05) is 41.1 Å². The van der Waals surface area contributed by atoms with E-state index in [1.165, 1.54) is 6.33 Å². The molecule has 0 spiro atoms. The summed E-state index contributed by atoms with van der Waals surface area (Å²) < 4.78 is 5.21. The predicted molar refractivity (Wildman–Crippen MR) is 114 cm³/mol. The second-order valence-corrected chi connectivity index (χ2v) is 7.07. The van der Waals surface area contributed by atoms with Crippen LogP contribution < -0.4 is 19.4 Å². The van der Waals surface area contributed by atoms with Gasteiger partial charge in [-0.25, -0.2) is 9.97 Å². The van der Waals surface area contributed by atoms with Crippen LogP contribution in [0.4, 0.5) is 23.0 Å². The third-order valence-electron chi connectivity index (χ3n) is 5.19. The Labute approximate surface area is 171 Å². The summed E-state index contributed by atoms with van der Waals surface area (Å²) in [6.45, 7) is 5.64. The number of ether oxygens (including phenoxy) is 1. The highest BCUT2D eigenvalue weighted by atomic mass is 16.6. The van der Waals surface area contributed by atoms with Gasteiger partial charge in [0.1, 0.15) is 12.1 Å². The fraction of sp³-hybridized carbons (Fsp3) is 0.500. The van der Waals surface area contributed by atoms with Crippen LogP contribution in [0.5, 0.6) is 5.75 Å². The minimum atomic E-state index is -0.358. The van der Waals surface area contributed by atoms with Crippen molar-refractivity contribution in [2.24, 2.45) is 0 Å². The number of anilines is 3. The summed E-state index contributed by atoms with van der Waals surface area (Å²) in [4.78, 5) is 26.1. The number of aromatic nitrogens is 2. The van der Waals surface area contributed by atoms with Gasteiger partial charge in [0, 0.05) is 45.5 Å². The van der Waals surface area contributed by atoms with Crippen molar-refractivity contribution in [3.05, 3.63) is 40.7 Å². The Kier molecular flexibility index (Phi) is 6.69.